The summed E-state index contributed by atoms with van der Waals surface area (Å²) in [7, 11) is 1.62. The highest BCUT2D eigenvalue weighted by Crippen LogP contribution is 2.38. The van der Waals surface area contributed by atoms with Gasteiger partial charge in [-0.3, -0.25) is 9.59 Å². The fourth-order valence-corrected chi connectivity index (χ4v) is 2.86. The summed E-state index contributed by atoms with van der Waals surface area (Å²) in [5, 5.41) is 2.65. The molecule has 2 amide bonds. The van der Waals surface area contributed by atoms with E-state index in [1.807, 2.05) is 0 Å². The summed E-state index contributed by atoms with van der Waals surface area (Å²) in [6.07, 6.45) is 5.32. The molecule has 1 aromatic rings. The van der Waals surface area contributed by atoms with Crippen LogP contribution in [0.5, 0.6) is 0 Å². The van der Waals surface area contributed by atoms with Crippen LogP contribution in [0.3, 0.4) is 0 Å². The van der Waals surface area contributed by atoms with E-state index in [-0.39, 0.29) is 23.6 Å². The number of amides is 2. The number of nitrogen functional groups attached to an aromatic ring is 1. The van der Waals surface area contributed by atoms with Crippen LogP contribution < -0.4 is 11.1 Å². The van der Waals surface area contributed by atoms with E-state index in [1.165, 1.54) is 6.20 Å². The number of rotatable bonds is 3. The van der Waals surface area contributed by atoms with Crippen molar-refractivity contribution in [2.75, 3.05) is 25.9 Å². The summed E-state index contributed by atoms with van der Waals surface area (Å²) >= 11 is 0. The summed E-state index contributed by atoms with van der Waals surface area (Å²) in [6, 6.07) is 0. The van der Waals surface area contributed by atoms with Gasteiger partial charge in [0.25, 0.3) is 5.91 Å². The Morgan fingerprint density at radius 2 is 2.14 bits per heavy atom. The zero-order valence-corrected chi connectivity index (χ0v) is 12.7. The molecule has 0 radical (unpaired) electrons. The summed E-state index contributed by atoms with van der Waals surface area (Å²) in [5.41, 5.74) is 6.27. The number of piperidine rings is 1. The highest BCUT2D eigenvalue weighted by atomic mass is 16.2. The van der Waals surface area contributed by atoms with Crippen molar-refractivity contribution in [1.82, 2.24) is 20.2 Å². The van der Waals surface area contributed by atoms with Crippen LogP contribution in [0.25, 0.3) is 0 Å². The Labute approximate surface area is 129 Å². The first-order chi connectivity index (χ1) is 10.6. The van der Waals surface area contributed by atoms with Crippen molar-refractivity contribution in [1.29, 1.82) is 0 Å². The fraction of sp³-hybridized carbons (Fsp3) is 0.600. The Balaban J connectivity index is 1.74. The SMILES string of the molecule is CNC(=O)C1CCCN(C(=O)c2cnc(C3CC3)nc2N)C1. The fourth-order valence-electron chi connectivity index (χ4n) is 2.86. The summed E-state index contributed by atoms with van der Waals surface area (Å²) in [4.78, 5) is 34.6. The normalized spacial score (nSPS) is 21.5. The highest BCUT2D eigenvalue weighted by molar-refractivity contribution is 5.98. The van der Waals surface area contributed by atoms with Gasteiger partial charge in [-0.2, -0.15) is 0 Å². The van der Waals surface area contributed by atoms with Gasteiger partial charge in [0, 0.05) is 32.3 Å². The van der Waals surface area contributed by atoms with E-state index in [9.17, 15) is 9.59 Å². The minimum absolute atomic E-state index is 0.0224. The maximum absolute atomic E-state index is 12.6. The number of aromatic nitrogens is 2. The third kappa shape index (κ3) is 2.88. The Morgan fingerprint density at radius 3 is 2.77 bits per heavy atom. The Hall–Kier alpha value is -2.18. The molecule has 2 heterocycles. The molecule has 1 saturated carbocycles. The van der Waals surface area contributed by atoms with Crippen molar-refractivity contribution in [2.24, 2.45) is 5.92 Å². The molecular formula is C15H21N5O2. The van der Waals surface area contributed by atoms with Gasteiger partial charge in [-0.1, -0.05) is 0 Å². The number of hydrogen-bond donors (Lipinski definition) is 2. The van der Waals surface area contributed by atoms with Crippen molar-refractivity contribution < 1.29 is 9.59 Å². The quantitative estimate of drug-likeness (QED) is 0.848. The van der Waals surface area contributed by atoms with Crippen molar-refractivity contribution in [2.45, 2.75) is 31.6 Å². The molecule has 1 aliphatic heterocycles. The molecule has 1 aliphatic carbocycles. The third-order valence-electron chi connectivity index (χ3n) is 4.34. The molecule has 1 aromatic heterocycles. The Bertz CT molecular complexity index is 600. The van der Waals surface area contributed by atoms with Gasteiger partial charge in [-0.15, -0.1) is 0 Å². The molecule has 7 nitrogen and oxygen atoms in total. The van der Waals surface area contributed by atoms with E-state index in [0.29, 0.717) is 24.6 Å². The van der Waals surface area contributed by atoms with Crippen LogP contribution >= 0.6 is 0 Å². The number of carbonyl (C=O) groups is 2. The van der Waals surface area contributed by atoms with Crippen LogP contribution in [0, 0.1) is 5.92 Å². The van der Waals surface area contributed by atoms with Crippen LogP contribution in [0.1, 0.15) is 47.8 Å². The van der Waals surface area contributed by atoms with Gasteiger partial charge < -0.3 is 16.0 Å². The first-order valence-electron chi connectivity index (χ1n) is 7.73. The van der Waals surface area contributed by atoms with E-state index in [4.69, 9.17) is 5.73 Å². The Morgan fingerprint density at radius 1 is 1.36 bits per heavy atom. The number of hydrogen-bond acceptors (Lipinski definition) is 5. The number of nitrogens with one attached hydrogen (secondary N) is 1. The first kappa shape index (κ1) is 14.7. The van der Waals surface area contributed by atoms with Crippen LogP contribution in [-0.2, 0) is 4.79 Å². The summed E-state index contributed by atoms with van der Waals surface area (Å²) in [5.74, 6) is 1.01. The third-order valence-corrected chi connectivity index (χ3v) is 4.34. The molecule has 3 N–H and O–H groups in total. The lowest BCUT2D eigenvalue weighted by atomic mass is 9.96. The van der Waals surface area contributed by atoms with E-state index in [2.05, 4.69) is 15.3 Å². The van der Waals surface area contributed by atoms with Gasteiger partial charge in [0.2, 0.25) is 5.91 Å². The molecule has 2 fully saturated rings. The molecule has 118 valence electrons. The highest BCUT2D eigenvalue weighted by Gasteiger charge is 2.31. The van der Waals surface area contributed by atoms with Crippen LogP contribution in [0.4, 0.5) is 5.82 Å². The molecule has 0 bridgehead atoms. The van der Waals surface area contributed by atoms with Gasteiger partial charge in [-0.05, 0) is 25.7 Å². The van der Waals surface area contributed by atoms with Gasteiger partial charge in [-0.25, -0.2) is 9.97 Å². The van der Waals surface area contributed by atoms with E-state index < -0.39 is 0 Å². The van der Waals surface area contributed by atoms with Crippen molar-refractivity contribution >= 4 is 17.6 Å². The lowest BCUT2D eigenvalue weighted by Crippen LogP contribution is -2.45. The monoisotopic (exact) mass is 303 g/mol. The average molecular weight is 303 g/mol. The predicted molar refractivity (Wildman–Crippen MR) is 81.1 cm³/mol. The van der Waals surface area contributed by atoms with Gasteiger partial charge in [0.15, 0.2) is 0 Å². The number of carbonyl (C=O) groups excluding carboxylic acids is 2. The topological polar surface area (TPSA) is 101 Å². The average Bonchev–Trinajstić information content (AvgIpc) is 3.38. The number of nitrogens with zero attached hydrogens (tertiary/aromatic N) is 3. The molecule has 7 heteroatoms. The zero-order chi connectivity index (χ0) is 15.7. The van der Waals surface area contributed by atoms with Crippen LogP contribution in [-0.4, -0.2) is 46.8 Å². The van der Waals surface area contributed by atoms with Crippen molar-refractivity contribution in [3.05, 3.63) is 17.6 Å². The number of nitrogens with two attached hydrogens (primary N) is 1. The molecule has 0 spiro atoms. The largest absolute Gasteiger partial charge is 0.383 e. The first-order valence-corrected chi connectivity index (χ1v) is 7.73. The van der Waals surface area contributed by atoms with Crippen LogP contribution in [0.2, 0.25) is 0 Å². The maximum Gasteiger partial charge on any atom is 0.259 e. The molecular weight excluding hydrogens is 282 g/mol. The number of likely N-dealkylation sites (tertiary alicyclic amines) is 1. The second-order valence-corrected chi connectivity index (χ2v) is 6.01. The van der Waals surface area contributed by atoms with E-state index in [0.717, 1.165) is 31.5 Å². The van der Waals surface area contributed by atoms with Crippen molar-refractivity contribution in [3.8, 4) is 0 Å². The predicted octanol–water partition coefficient (Wildman–Crippen LogP) is 0.534. The lowest BCUT2D eigenvalue weighted by molar-refractivity contribution is -0.125. The zero-order valence-electron chi connectivity index (χ0n) is 12.7. The molecule has 1 saturated heterocycles. The molecule has 1 unspecified atom stereocenters. The van der Waals surface area contributed by atoms with Crippen molar-refractivity contribution in [3.63, 3.8) is 0 Å². The molecule has 3 rings (SSSR count). The summed E-state index contributed by atoms with van der Waals surface area (Å²) in [6.45, 7) is 1.05. The molecule has 1 atom stereocenters. The standard InChI is InChI=1S/C15H21N5O2/c1-17-14(21)10-3-2-6-20(8-10)15(22)11-7-18-13(9-4-5-9)19-12(11)16/h7,9-10H,2-6,8H2,1H3,(H,17,21)(H2,16,18,19). The number of anilines is 1. The van der Waals surface area contributed by atoms with Crippen LogP contribution in [0.15, 0.2) is 6.20 Å². The summed E-state index contributed by atoms with van der Waals surface area (Å²) < 4.78 is 0. The van der Waals surface area contributed by atoms with Gasteiger partial charge in [0.1, 0.15) is 17.2 Å². The Kier molecular flexibility index (Phi) is 3.96. The molecule has 0 aromatic carbocycles. The van der Waals surface area contributed by atoms with Gasteiger partial charge >= 0.3 is 0 Å². The lowest BCUT2D eigenvalue weighted by Gasteiger charge is -2.31. The van der Waals surface area contributed by atoms with E-state index >= 15 is 0 Å². The maximum atomic E-state index is 12.6. The second-order valence-electron chi connectivity index (χ2n) is 6.01. The smallest absolute Gasteiger partial charge is 0.259 e. The molecule has 22 heavy (non-hydrogen) atoms. The minimum Gasteiger partial charge on any atom is -0.383 e. The molecule has 2 aliphatic rings. The van der Waals surface area contributed by atoms with E-state index in [1.54, 1.807) is 11.9 Å². The van der Waals surface area contributed by atoms with Gasteiger partial charge in [0.05, 0.1) is 5.92 Å². The second kappa shape index (κ2) is 5.90. The minimum atomic E-state index is -0.187.